The van der Waals surface area contributed by atoms with Gasteiger partial charge in [0.05, 0.1) is 0 Å². The van der Waals surface area contributed by atoms with Gasteiger partial charge in [-0.2, -0.15) is 0 Å². The molecule has 2 unspecified atom stereocenters. The fourth-order valence-corrected chi connectivity index (χ4v) is 2.81. The van der Waals surface area contributed by atoms with Crippen molar-refractivity contribution >= 4 is 0 Å². The molecule has 0 bridgehead atoms. The number of likely N-dealkylation sites (tertiary alicyclic amines) is 1. The second-order valence-electron chi connectivity index (χ2n) is 5.64. The van der Waals surface area contributed by atoms with Crippen LogP contribution in [0.15, 0.2) is 18.2 Å². The van der Waals surface area contributed by atoms with E-state index in [1.807, 2.05) is 13.0 Å². The van der Waals surface area contributed by atoms with Crippen LogP contribution in [0, 0.1) is 18.7 Å². The van der Waals surface area contributed by atoms with Crippen LogP contribution in [0.2, 0.25) is 0 Å². The molecule has 0 radical (unpaired) electrons. The largest absolute Gasteiger partial charge is 0.317 e. The molecule has 1 fully saturated rings. The molecule has 1 saturated heterocycles. The molecule has 1 aliphatic heterocycles. The van der Waals surface area contributed by atoms with Crippen LogP contribution in [0.25, 0.3) is 0 Å². The summed E-state index contributed by atoms with van der Waals surface area (Å²) in [4.78, 5) is 2.46. The Kier molecular flexibility index (Phi) is 4.94. The summed E-state index contributed by atoms with van der Waals surface area (Å²) in [7, 11) is 0. The van der Waals surface area contributed by atoms with Crippen LogP contribution in [0.3, 0.4) is 0 Å². The van der Waals surface area contributed by atoms with Crippen molar-refractivity contribution in [1.82, 2.24) is 10.2 Å². The second kappa shape index (κ2) is 6.49. The first-order chi connectivity index (χ1) is 9.11. The van der Waals surface area contributed by atoms with E-state index in [4.69, 9.17) is 0 Å². The number of halogens is 1. The molecule has 1 N–H and O–H groups in total. The highest BCUT2D eigenvalue weighted by Crippen LogP contribution is 2.27. The minimum Gasteiger partial charge on any atom is -0.317 e. The monoisotopic (exact) mass is 264 g/mol. The van der Waals surface area contributed by atoms with E-state index in [0.29, 0.717) is 6.04 Å². The van der Waals surface area contributed by atoms with E-state index in [2.05, 4.69) is 30.1 Å². The number of nitrogens with one attached hydrogen (secondary N) is 1. The van der Waals surface area contributed by atoms with Crippen molar-refractivity contribution in [3.05, 3.63) is 35.1 Å². The van der Waals surface area contributed by atoms with Gasteiger partial charge in [0.2, 0.25) is 0 Å². The lowest BCUT2D eigenvalue weighted by atomic mass is 10.0. The number of aryl methyl sites for hydroxylation is 1. The third-order valence-corrected chi connectivity index (χ3v) is 4.23. The summed E-state index contributed by atoms with van der Waals surface area (Å²) in [6, 6.07) is 5.94. The summed E-state index contributed by atoms with van der Waals surface area (Å²) in [5, 5.41) is 3.42. The van der Waals surface area contributed by atoms with Gasteiger partial charge in [-0.1, -0.05) is 19.1 Å². The summed E-state index contributed by atoms with van der Waals surface area (Å²) in [6.45, 7) is 10.5. The number of hydrogen-bond donors (Lipinski definition) is 1. The average molecular weight is 264 g/mol. The van der Waals surface area contributed by atoms with Gasteiger partial charge in [-0.3, -0.25) is 4.90 Å². The summed E-state index contributed by atoms with van der Waals surface area (Å²) in [5.74, 6) is 0.644. The Morgan fingerprint density at radius 3 is 2.95 bits per heavy atom. The predicted octanol–water partition coefficient (Wildman–Crippen LogP) is 3.13. The van der Waals surface area contributed by atoms with Gasteiger partial charge in [0.25, 0.3) is 0 Å². The first-order valence-corrected chi connectivity index (χ1v) is 7.32. The van der Waals surface area contributed by atoms with Gasteiger partial charge >= 0.3 is 0 Å². The molecule has 1 aromatic carbocycles. The fourth-order valence-electron chi connectivity index (χ4n) is 2.81. The normalized spacial score (nSPS) is 21.8. The molecule has 0 aromatic heterocycles. The van der Waals surface area contributed by atoms with Crippen LogP contribution in [-0.4, -0.2) is 31.1 Å². The van der Waals surface area contributed by atoms with E-state index in [1.54, 1.807) is 6.07 Å². The Morgan fingerprint density at radius 2 is 2.26 bits per heavy atom. The van der Waals surface area contributed by atoms with Gasteiger partial charge in [-0.05, 0) is 63.0 Å². The summed E-state index contributed by atoms with van der Waals surface area (Å²) >= 11 is 0. The quantitative estimate of drug-likeness (QED) is 0.879. The van der Waals surface area contributed by atoms with Crippen molar-refractivity contribution in [2.45, 2.75) is 33.2 Å². The van der Waals surface area contributed by atoms with E-state index >= 15 is 0 Å². The van der Waals surface area contributed by atoms with Crippen molar-refractivity contribution in [2.24, 2.45) is 5.92 Å². The summed E-state index contributed by atoms with van der Waals surface area (Å²) in [5.41, 5.74) is 1.81. The molecule has 2 atom stereocenters. The molecule has 1 aliphatic rings. The van der Waals surface area contributed by atoms with Crippen molar-refractivity contribution in [3.8, 4) is 0 Å². The van der Waals surface area contributed by atoms with Gasteiger partial charge in [-0.15, -0.1) is 0 Å². The molecule has 2 rings (SSSR count). The lowest BCUT2D eigenvalue weighted by Gasteiger charge is -2.25. The average Bonchev–Trinajstić information content (AvgIpc) is 2.87. The zero-order chi connectivity index (χ0) is 13.8. The van der Waals surface area contributed by atoms with E-state index < -0.39 is 0 Å². The van der Waals surface area contributed by atoms with E-state index in [-0.39, 0.29) is 5.82 Å². The maximum atomic E-state index is 13.6. The smallest absolute Gasteiger partial charge is 0.126 e. The van der Waals surface area contributed by atoms with E-state index in [0.717, 1.165) is 43.2 Å². The molecular formula is C16H25FN2. The van der Waals surface area contributed by atoms with Crippen LogP contribution in [0.5, 0.6) is 0 Å². The van der Waals surface area contributed by atoms with Crippen molar-refractivity contribution < 1.29 is 4.39 Å². The van der Waals surface area contributed by atoms with Crippen LogP contribution in [-0.2, 0) is 0 Å². The lowest BCUT2D eigenvalue weighted by molar-refractivity contribution is 0.251. The SMILES string of the molecule is CCNCC1CCN(C(C)c2ccc(C)c(F)c2)C1. The molecule has 0 spiro atoms. The number of benzene rings is 1. The zero-order valence-corrected chi connectivity index (χ0v) is 12.2. The van der Waals surface area contributed by atoms with Crippen LogP contribution < -0.4 is 5.32 Å². The van der Waals surface area contributed by atoms with Gasteiger partial charge in [0.15, 0.2) is 0 Å². The van der Waals surface area contributed by atoms with Gasteiger partial charge in [0, 0.05) is 12.6 Å². The Hall–Kier alpha value is -0.930. The third-order valence-electron chi connectivity index (χ3n) is 4.23. The van der Waals surface area contributed by atoms with E-state index in [9.17, 15) is 4.39 Å². The molecule has 0 aliphatic carbocycles. The highest BCUT2D eigenvalue weighted by Gasteiger charge is 2.26. The first kappa shape index (κ1) is 14.5. The van der Waals surface area contributed by atoms with Gasteiger partial charge < -0.3 is 5.32 Å². The minimum atomic E-state index is -0.0900. The molecule has 106 valence electrons. The Bertz CT molecular complexity index is 419. The van der Waals surface area contributed by atoms with Crippen LogP contribution in [0.4, 0.5) is 4.39 Å². The molecule has 1 heterocycles. The molecule has 3 heteroatoms. The fraction of sp³-hybridized carbons (Fsp3) is 0.625. The molecular weight excluding hydrogens is 239 g/mol. The molecule has 2 nitrogen and oxygen atoms in total. The van der Waals surface area contributed by atoms with Crippen LogP contribution in [0.1, 0.15) is 37.4 Å². The lowest BCUT2D eigenvalue weighted by Crippen LogP contribution is -2.28. The zero-order valence-electron chi connectivity index (χ0n) is 12.2. The van der Waals surface area contributed by atoms with Crippen molar-refractivity contribution in [1.29, 1.82) is 0 Å². The standard InChI is InChI=1S/C16H25FN2/c1-4-18-10-14-7-8-19(11-14)13(3)15-6-5-12(2)16(17)9-15/h5-6,9,13-14,18H,4,7-8,10-11H2,1-3H3. The number of rotatable bonds is 5. The highest BCUT2D eigenvalue weighted by molar-refractivity contribution is 5.25. The Morgan fingerprint density at radius 1 is 1.47 bits per heavy atom. The number of hydrogen-bond acceptors (Lipinski definition) is 2. The Labute approximate surface area is 116 Å². The maximum absolute atomic E-state index is 13.6. The van der Waals surface area contributed by atoms with Crippen molar-refractivity contribution in [3.63, 3.8) is 0 Å². The van der Waals surface area contributed by atoms with Gasteiger partial charge in [-0.25, -0.2) is 4.39 Å². The Balaban J connectivity index is 1.96. The first-order valence-electron chi connectivity index (χ1n) is 7.32. The third kappa shape index (κ3) is 3.54. The predicted molar refractivity (Wildman–Crippen MR) is 77.8 cm³/mol. The van der Waals surface area contributed by atoms with E-state index in [1.165, 1.54) is 6.42 Å². The van der Waals surface area contributed by atoms with Crippen LogP contribution >= 0.6 is 0 Å². The molecule has 19 heavy (non-hydrogen) atoms. The summed E-state index contributed by atoms with van der Waals surface area (Å²) in [6.07, 6.45) is 1.24. The molecule has 0 saturated carbocycles. The van der Waals surface area contributed by atoms with Gasteiger partial charge in [0.1, 0.15) is 5.82 Å². The van der Waals surface area contributed by atoms with Crippen molar-refractivity contribution in [2.75, 3.05) is 26.2 Å². The maximum Gasteiger partial charge on any atom is 0.126 e. The summed E-state index contributed by atoms with van der Waals surface area (Å²) < 4.78 is 13.6. The number of nitrogens with zero attached hydrogens (tertiary/aromatic N) is 1. The molecule has 1 aromatic rings. The minimum absolute atomic E-state index is 0.0900. The molecule has 0 amide bonds. The highest BCUT2D eigenvalue weighted by atomic mass is 19.1. The second-order valence-corrected chi connectivity index (χ2v) is 5.64. The topological polar surface area (TPSA) is 15.3 Å².